The zero-order chi connectivity index (χ0) is 12.7. The van der Waals surface area contributed by atoms with Crippen LogP contribution in [0.3, 0.4) is 0 Å². The lowest BCUT2D eigenvalue weighted by Gasteiger charge is -2.08. The van der Waals surface area contributed by atoms with Crippen molar-refractivity contribution in [1.29, 1.82) is 0 Å². The molecular formula is C15H14FNO. The van der Waals surface area contributed by atoms with Gasteiger partial charge in [-0.2, -0.15) is 0 Å². The third-order valence-corrected chi connectivity index (χ3v) is 3.26. The van der Waals surface area contributed by atoms with E-state index >= 15 is 0 Å². The minimum atomic E-state index is -0.377. The number of halogens is 1. The fraction of sp³-hybridized carbons (Fsp3) is 0.200. The number of nitrogen functional groups attached to an aromatic ring is 1. The van der Waals surface area contributed by atoms with Crippen molar-refractivity contribution in [3.63, 3.8) is 0 Å². The second kappa shape index (κ2) is 4.02. The molecule has 3 rings (SSSR count). The summed E-state index contributed by atoms with van der Waals surface area (Å²) in [6.07, 6.45) is 1.10. The van der Waals surface area contributed by atoms with Crippen LogP contribution in [0.4, 0.5) is 10.1 Å². The first kappa shape index (κ1) is 11.1. The Balaban J connectivity index is 2.08. The van der Waals surface area contributed by atoms with E-state index in [1.807, 2.05) is 31.2 Å². The van der Waals surface area contributed by atoms with Gasteiger partial charge in [-0.15, -0.1) is 0 Å². The van der Waals surface area contributed by atoms with Crippen LogP contribution >= 0.6 is 0 Å². The highest BCUT2D eigenvalue weighted by Crippen LogP contribution is 2.35. The van der Waals surface area contributed by atoms with E-state index in [1.54, 1.807) is 6.07 Å². The predicted molar refractivity (Wildman–Crippen MR) is 70.0 cm³/mol. The molecule has 1 heterocycles. The molecule has 0 radical (unpaired) electrons. The van der Waals surface area contributed by atoms with E-state index in [4.69, 9.17) is 10.5 Å². The molecular weight excluding hydrogens is 229 g/mol. The lowest BCUT2D eigenvalue weighted by molar-refractivity contribution is 0.254. The number of anilines is 1. The number of rotatable bonds is 1. The van der Waals surface area contributed by atoms with Crippen molar-refractivity contribution in [2.24, 2.45) is 0 Å². The largest absolute Gasteiger partial charge is 0.490 e. The van der Waals surface area contributed by atoms with Gasteiger partial charge in [0.1, 0.15) is 17.7 Å². The molecule has 1 atom stereocenters. The van der Waals surface area contributed by atoms with Gasteiger partial charge in [0.05, 0.1) is 5.69 Å². The van der Waals surface area contributed by atoms with Crippen LogP contribution in [-0.2, 0) is 6.42 Å². The standard InChI is InChI=1S/C15H14FNO/c1-9-7-11-8-10(5-6-14(11)18-9)12-3-2-4-13(16)15(12)17/h2-6,8-9H,7,17H2,1H3. The van der Waals surface area contributed by atoms with E-state index < -0.39 is 0 Å². The Morgan fingerprint density at radius 3 is 2.94 bits per heavy atom. The van der Waals surface area contributed by atoms with E-state index in [9.17, 15) is 4.39 Å². The maximum atomic E-state index is 13.5. The van der Waals surface area contributed by atoms with Gasteiger partial charge in [-0.3, -0.25) is 0 Å². The van der Waals surface area contributed by atoms with Crippen molar-refractivity contribution < 1.29 is 9.13 Å². The summed E-state index contributed by atoms with van der Waals surface area (Å²) in [4.78, 5) is 0. The van der Waals surface area contributed by atoms with Gasteiger partial charge in [0.15, 0.2) is 0 Å². The van der Waals surface area contributed by atoms with Gasteiger partial charge in [0, 0.05) is 12.0 Å². The first-order valence-electron chi connectivity index (χ1n) is 5.99. The lowest BCUT2D eigenvalue weighted by Crippen LogP contribution is -2.05. The molecule has 92 valence electrons. The monoisotopic (exact) mass is 243 g/mol. The van der Waals surface area contributed by atoms with Crippen molar-refractivity contribution in [3.8, 4) is 16.9 Å². The Hall–Kier alpha value is -2.03. The van der Waals surface area contributed by atoms with Crippen molar-refractivity contribution in [1.82, 2.24) is 0 Å². The number of hydrogen-bond acceptors (Lipinski definition) is 2. The zero-order valence-electron chi connectivity index (χ0n) is 10.1. The summed E-state index contributed by atoms with van der Waals surface area (Å²) < 4.78 is 19.1. The van der Waals surface area contributed by atoms with Crippen LogP contribution in [0, 0.1) is 5.82 Å². The van der Waals surface area contributed by atoms with Gasteiger partial charge in [0.2, 0.25) is 0 Å². The van der Waals surface area contributed by atoms with Crippen LogP contribution in [0.2, 0.25) is 0 Å². The summed E-state index contributed by atoms with van der Waals surface area (Å²) in [5, 5.41) is 0. The smallest absolute Gasteiger partial charge is 0.146 e. The molecule has 2 N–H and O–H groups in total. The summed E-state index contributed by atoms with van der Waals surface area (Å²) in [7, 11) is 0. The highest BCUT2D eigenvalue weighted by Gasteiger charge is 2.19. The van der Waals surface area contributed by atoms with Gasteiger partial charge in [-0.1, -0.05) is 18.2 Å². The topological polar surface area (TPSA) is 35.2 Å². The molecule has 0 amide bonds. The van der Waals surface area contributed by atoms with Crippen LogP contribution in [0.15, 0.2) is 36.4 Å². The van der Waals surface area contributed by atoms with E-state index in [0.717, 1.165) is 28.9 Å². The summed E-state index contributed by atoms with van der Waals surface area (Å²) in [6.45, 7) is 2.04. The molecule has 0 aliphatic carbocycles. The van der Waals surface area contributed by atoms with Gasteiger partial charge in [-0.05, 0) is 36.2 Å². The highest BCUT2D eigenvalue weighted by atomic mass is 19.1. The molecule has 3 heteroatoms. The summed E-state index contributed by atoms with van der Waals surface area (Å²) >= 11 is 0. The number of hydrogen-bond donors (Lipinski definition) is 1. The van der Waals surface area contributed by atoms with Crippen LogP contribution in [0.5, 0.6) is 5.75 Å². The molecule has 1 aliphatic heterocycles. The molecule has 0 saturated heterocycles. The fourth-order valence-electron chi connectivity index (χ4n) is 2.38. The predicted octanol–water partition coefficient (Wildman–Crippen LogP) is 3.40. The third-order valence-electron chi connectivity index (χ3n) is 3.26. The third kappa shape index (κ3) is 1.72. The van der Waals surface area contributed by atoms with Crippen molar-refractivity contribution in [2.45, 2.75) is 19.4 Å². The highest BCUT2D eigenvalue weighted by molar-refractivity contribution is 5.77. The number of benzene rings is 2. The van der Waals surface area contributed by atoms with Crippen LogP contribution < -0.4 is 10.5 Å². The molecule has 2 aromatic rings. The molecule has 0 saturated carbocycles. The van der Waals surface area contributed by atoms with E-state index in [-0.39, 0.29) is 17.6 Å². The first-order valence-corrected chi connectivity index (χ1v) is 5.99. The molecule has 1 unspecified atom stereocenters. The Bertz CT molecular complexity index is 609. The zero-order valence-corrected chi connectivity index (χ0v) is 10.1. The second-order valence-corrected chi connectivity index (χ2v) is 4.66. The Morgan fingerprint density at radius 2 is 2.11 bits per heavy atom. The van der Waals surface area contributed by atoms with E-state index in [1.165, 1.54) is 6.07 Å². The molecule has 0 fully saturated rings. The van der Waals surface area contributed by atoms with Crippen molar-refractivity contribution in [3.05, 3.63) is 47.8 Å². The lowest BCUT2D eigenvalue weighted by atomic mass is 10.00. The maximum Gasteiger partial charge on any atom is 0.146 e. The average Bonchev–Trinajstić information content (AvgIpc) is 2.71. The van der Waals surface area contributed by atoms with Crippen LogP contribution in [-0.4, -0.2) is 6.10 Å². The second-order valence-electron chi connectivity index (χ2n) is 4.66. The quantitative estimate of drug-likeness (QED) is 0.779. The van der Waals surface area contributed by atoms with Gasteiger partial charge in [-0.25, -0.2) is 4.39 Å². The van der Waals surface area contributed by atoms with Crippen LogP contribution in [0.1, 0.15) is 12.5 Å². The first-order chi connectivity index (χ1) is 8.65. The molecule has 2 nitrogen and oxygen atoms in total. The minimum absolute atomic E-state index is 0.199. The molecule has 0 spiro atoms. The van der Waals surface area contributed by atoms with Crippen LogP contribution in [0.25, 0.3) is 11.1 Å². The molecule has 18 heavy (non-hydrogen) atoms. The maximum absolute atomic E-state index is 13.5. The Morgan fingerprint density at radius 1 is 1.28 bits per heavy atom. The Kier molecular flexibility index (Phi) is 2.47. The summed E-state index contributed by atoms with van der Waals surface area (Å²) in [6, 6.07) is 10.8. The number of nitrogens with two attached hydrogens (primary N) is 1. The van der Waals surface area contributed by atoms with E-state index in [2.05, 4.69) is 0 Å². The van der Waals surface area contributed by atoms with Crippen molar-refractivity contribution in [2.75, 3.05) is 5.73 Å². The summed E-state index contributed by atoms with van der Waals surface area (Å²) in [5.41, 5.74) is 8.80. The average molecular weight is 243 g/mol. The number of para-hydroxylation sites is 1. The normalized spacial score (nSPS) is 17.3. The van der Waals surface area contributed by atoms with Gasteiger partial charge < -0.3 is 10.5 Å². The number of fused-ring (bicyclic) bond motifs is 1. The fourth-order valence-corrected chi connectivity index (χ4v) is 2.38. The molecule has 0 aromatic heterocycles. The van der Waals surface area contributed by atoms with Crippen molar-refractivity contribution >= 4 is 5.69 Å². The minimum Gasteiger partial charge on any atom is -0.490 e. The Labute approximate surface area is 105 Å². The van der Waals surface area contributed by atoms with Gasteiger partial charge in [0.25, 0.3) is 0 Å². The number of ether oxygens (including phenoxy) is 1. The van der Waals surface area contributed by atoms with E-state index in [0.29, 0.717) is 0 Å². The molecule has 1 aliphatic rings. The summed E-state index contributed by atoms with van der Waals surface area (Å²) in [5.74, 6) is 0.541. The van der Waals surface area contributed by atoms with Gasteiger partial charge >= 0.3 is 0 Å². The molecule has 2 aromatic carbocycles. The molecule has 0 bridgehead atoms. The SMILES string of the molecule is CC1Cc2cc(-c3cccc(F)c3N)ccc2O1.